The van der Waals surface area contributed by atoms with Gasteiger partial charge in [-0.15, -0.1) is 11.3 Å². The predicted molar refractivity (Wildman–Crippen MR) is 40.2 cm³/mol. The van der Waals surface area contributed by atoms with E-state index in [0.717, 1.165) is 0 Å². The first kappa shape index (κ1) is 7.10. The van der Waals surface area contributed by atoms with Crippen molar-refractivity contribution in [1.82, 2.24) is 0 Å². The van der Waals surface area contributed by atoms with E-state index in [1.807, 2.05) is 18.4 Å². The van der Waals surface area contributed by atoms with Gasteiger partial charge in [-0.1, -0.05) is 0 Å². The average molecular weight is 153 g/mol. The van der Waals surface area contributed by atoms with Crippen LogP contribution in [0.4, 0.5) is 0 Å². The van der Waals surface area contributed by atoms with Gasteiger partial charge in [-0.25, -0.2) is 0 Å². The quantitative estimate of drug-likeness (QED) is 0.651. The lowest BCUT2D eigenvalue weighted by Crippen LogP contribution is -1.90. The molecule has 1 heterocycles. The monoisotopic (exact) mass is 153 g/mol. The van der Waals surface area contributed by atoms with Gasteiger partial charge in [0.25, 0.3) is 0 Å². The summed E-state index contributed by atoms with van der Waals surface area (Å²) in [6, 6.07) is 3.87. The van der Waals surface area contributed by atoms with Crippen molar-refractivity contribution in [2.75, 3.05) is 6.61 Å². The first-order chi connectivity index (χ1) is 4.88. The van der Waals surface area contributed by atoms with Gasteiger partial charge < -0.3 is 4.74 Å². The molecule has 1 aromatic heterocycles. The molecule has 0 saturated heterocycles. The number of thiophene rings is 1. The minimum absolute atomic E-state index is 0.616. The molecule has 0 bridgehead atoms. The summed E-state index contributed by atoms with van der Waals surface area (Å²) >= 11 is 1.40. The summed E-state index contributed by atoms with van der Waals surface area (Å²) in [6.45, 7) is 2.52. The molecular weight excluding hydrogens is 146 g/mol. The topological polar surface area (TPSA) is 33.0 Å². The third-order valence-electron chi connectivity index (χ3n) is 1.03. The average Bonchev–Trinajstić information content (AvgIpc) is 2.36. The molecule has 0 amide bonds. The van der Waals surface area contributed by atoms with E-state index in [2.05, 4.69) is 6.07 Å². The van der Waals surface area contributed by atoms with Crippen molar-refractivity contribution in [2.45, 2.75) is 6.92 Å². The fourth-order valence-electron chi connectivity index (χ4n) is 0.648. The Labute approximate surface area is 63.7 Å². The van der Waals surface area contributed by atoms with Crippen molar-refractivity contribution in [3.63, 3.8) is 0 Å². The molecule has 0 N–H and O–H groups in total. The molecule has 3 heteroatoms. The molecule has 0 fully saturated rings. The van der Waals surface area contributed by atoms with E-state index in [1.165, 1.54) is 11.3 Å². The van der Waals surface area contributed by atoms with Crippen LogP contribution in [-0.4, -0.2) is 6.61 Å². The van der Waals surface area contributed by atoms with Crippen LogP contribution in [0.5, 0.6) is 5.75 Å². The molecule has 0 atom stereocenters. The molecule has 0 radical (unpaired) electrons. The van der Waals surface area contributed by atoms with Gasteiger partial charge in [0.05, 0.1) is 6.61 Å². The molecule has 0 spiro atoms. The van der Waals surface area contributed by atoms with Gasteiger partial charge in [0.15, 0.2) is 0 Å². The van der Waals surface area contributed by atoms with Gasteiger partial charge in [0.1, 0.15) is 16.7 Å². The van der Waals surface area contributed by atoms with E-state index in [-0.39, 0.29) is 0 Å². The highest BCUT2D eigenvalue weighted by Gasteiger charge is 2.01. The Morgan fingerprint density at radius 2 is 2.60 bits per heavy atom. The summed E-state index contributed by atoms with van der Waals surface area (Å²) < 4.78 is 5.16. The molecule has 0 aromatic carbocycles. The zero-order valence-electron chi connectivity index (χ0n) is 5.63. The van der Waals surface area contributed by atoms with Crippen molar-refractivity contribution in [2.24, 2.45) is 0 Å². The van der Waals surface area contributed by atoms with Crippen LogP contribution >= 0.6 is 11.3 Å². The lowest BCUT2D eigenvalue weighted by atomic mass is 10.4. The summed E-state index contributed by atoms with van der Waals surface area (Å²) in [5, 5.41) is 10.4. The molecule has 52 valence electrons. The summed E-state index contributed by atoms with van der Waals surface area (Å²) in [4.78, 5) is 0.654. The SMILES string of the molecule is CCOc1ccsc1C#N. The van der Waals surface area contributed by atoms with Crippen molar-refractivity contribution >= 4 is 11.3 Å². The maximum Gasteiger partial charge on any atom is 0.147 e. The Morgan fingerprint density at radius 3 is 3.20 bits per heavy atom. The second kappa shape index (κ2) is 3.23. The number of nitriles is 1. The Morgan fingerprint density at radius 1 is 1.80 bits per heavy atom. The number of nitrogens with zero attached hydrogens (tertiary/aromatic N) is 1. The van der Waals surface area contributed by atoms with Gasteiger partial charge in [0.2, 0.25) is 0 Å². The highest BCUT2D eigenvalue weighted by atomic mass is 32.1. The lowest BCUT2D eigenvalue weighted by molar-refractivity contribution is 0.341. The standard InChI is InChI=1S/C7H7NOS/c1-2-9-6-3-4-10-7(6)5-8/h3-4H,2H2,1H3. The molecule has 0 aliphatic carbocycles. The number of hydrogen-bond acceptors (Lipinski definition) is 3. The molecular formula is C7H7NOS. The smallest absolute Gasteiger partial charge is 0.147 e. The van der Waals surface area contributed by atoms with Gasteiger partial charge in [-0.2, -0.15) is 5.26 Å². The largest absolute Gasteiger partial charge is 0.492 e. The van der Waals surface area contributed by atoms with Crippen LogP contribution in [0.25, 0.3) is 0 Å². The van der Waals surface area contributed by atoms with Crippen LogP contribution in [0.3, 0.4) is 0 Å². The summed E-state index contributed by atoms with van der Waals surface area (Å²) in [6.07, 6.45) is 0. The van der Waals surface area contributed by atoms with Gasteiger partial charge in [-0.05, 0) is 18.4 Å². The van der Waals surface area contributed by atoms with E-state index < -0.39 is 0 Å². The van der Waals surface area contributed by atoms with Crippen molar-refractivity contribution in [1.29, 1.82) is 5.26 Å². The van der Waals surface area contributed by atoms with Crippen LogP contribution < -0.4 is 4.74 Å². The summed E-state index contributed by atoms with van der Waals surface area (Å²) in [7, 11) is 0. The molecule has 2 nitrogen and oxygen atoms in total. The van der Waals surface area contributed by atoms with Crippen molar-refractivity contribution in [3.05, 3.63) is 16.3 Å². The summed E-state index contributed by atoms with van der Waals surface area (Å²) in [5.74, 6) is 0.704. The van der Waals surface area contributed by atoms with Crippen LogP contribution in [-0.2, 0) is 0 Å². The van der Waals surface area contributed by atoms with Crippen molar-refractivity contribution < 1.29 is 4.74 Å². The molecule has 0 aliphatic heterocycles. The highest BCUT2D eigenvalue weighted by Crippen LogP contribution is 2.22. The zero-order valence-corrected chi connectivity index (χ0v) is 6.44. The fraction of sp³-hybridized carbons (Fsp3) is 0.286. The van der Waals surface area contributed by atoms with E-state index in [1.54, 1.807) is 0 Å². The van der Waals surface area contributed by atoms with Crippen LogP contribution in [0, 0.1) is 11.3 Å². The first-order valence-electron chi connectivity index (χ1n) is 2.99. The fourth-order valence-corrected chi connectivity index (χ4v) is 1.27. The second-order valence-electron chi connectivity index (χ2n) is 1.66. The molecule has 0 unspecified atom stereocenters. The Bertz CT molecular complexity index is 248. The maximum absolute atomic E-state index is 8.51. The van der Waals surface area contributed by atoms with Crippen LogP contribution in [0.1, 0.15) is 11.8 Å². The minimum Gasteiger partial charge on any atom is -0.492 e. The van der Waals surface area contributed by atoms with Crippen LogP contribution in [0.15, 0.2) is 11.4 Å². The van der Waals surface area contributed by atoms with Gasteiger partial charge in [0, 0.05) is 0 Å². The van der Waals surface area contributed by atoms with Gasteiger partial charge >= 0.3 is 0 Å². The summed E-state index contributed by atoms with van der Waals surface area (Å²) in [5.41, 5.74) is 0. The van der Waals surface area contributed by atoms with Crippen LogP contribution in [0.2, 0.25) is 0 Å². The Hall–Kier alpha value is -1.01. The van der Waals surface area contributed by atoms with E-state index in [9.17, 15) is 0 Å². The van der Waals surface area contributed by atoms with E-state index >= 15 is 0 Å². The third kappa shape index (κ3) is 1.28. The van der Waals surface area contributed by atoms with Crippen molar-refractivity contribution in [3.8, 4) is 11.8 Å². The normalized spacial score (nSPS) is 8.80. The Balaban J connectivity index is 2.82. The number of ether oxygens (including phenoxy) is 1. The molecule has 0 aliphatic rings. The molecule has 0 saturated carbocycles. The minimum atomic E-state index is 0.616. The van der Waals surface area contributed by atoms with E-state index in [0.29, 0.717) is 17.2 Å². The Kier molecular flexibility index (Phi) is 2.30. The third-order valence-corrected chi connectivity index (χ3v) is 1.83. The zero-order chi connectivity index (χ0) is 7.40. The van der Waals surface area contributed by atoms with E-state index in [4.69, 9.17) is 10.00 Å². The number of rotatable bonds is 2. The number of hydrogen-bond donors (Lipinski definition) is 0. The molecule has 10 heavy (non-hydrogen) atoms. The molecule has 1 aromatic rings. The predicted octanol–water partition coefficient (Wildman–Crippen LogP) is 2.02. The second-order valence-corrected chi connectivity index (χ2v) is 2.57. The van der Waals surface area contributed by atoms with Gasteiger partial charge in [-0.3, -0.25) is 0 Å². The molecule has 1 rings (SSSR count). The maximum atomic E-state index is 8.51. The lowest BCUT2D eigenvalue weighted by Gasteiger charge is -1.96. The highest BCUT2D eigenvalue weighted by molar-refractivity contribution is 7.10. The first-order valence-corrected chi connectivity index (χ1v) is 3.87.